The molecule has 0 unspecified atom stereocenters. The van der Waals surface area contributed by atoms with E-state index in [4.69, 9.17) is 4.74 Å². The SMILES string of the molecule is Cn1nccc1[C@H]1OCC[C@@H]1NC(=O)c1ccnc2ccncc12. The zero-order valence-corrected chi connectivity index (χ0v) is 13.2. The van der Waals surface area contributed by atoms with Crippen LogP contribution in [0.15, 0.2) is 43.0 Å². The average molecular weight is 323 g/mol. The lowest BCUT2D eigenvalue weighted by Crippen LogP contribution is -2.37. The Labute approximate surface area is 138 Å². The molecule has 3 aromatic heterocycles. The van der Waals surface area contributed by atoms with Crippen LogP contribution in [0.1, 0.15) is 28.6 Å². The Kier molecular flexibility index (Phi) is 3.70. The number of hydrogen-bond donors (Lipinski definition) is 1. The summed E-state index contributed by atoms with van der Waals surface area (Å²) in [6, 6.07) is 5.34. The van der Waals surface area contributed by atoms with Crippen molar-refractivity contribution >= 4 is 16.8 Å². The maximum atomic E-state index is 12.8. The first kappa shape index (κ1) is 14.8. The number of nitrogens with one attached hydrogen (secondary N) is 1. The van der Waals surface area contributed by atoms with Gasteiger partial charge >= 0.3 is 0 Å². The van der Waals surface area contributed by atoms with Gasteiger partial charge in [-0.1, -0.05) is 0 Å². The summed E-state index contributed by atoms with van der Waals surface area (Å²) in [7, 11) is 1.87. The third-order valence-electron chi connectivity index (χ3n) is 4.35. The molecular weight excluding hydrogens is 306 g/mol. The van der Waals surface area contributed by atoms with Gasteiger partial charge in [-0.15, -0.1) is 0 Å². The molecule has 1 fully saturated rings. The Bertz CT molecular complexity index is 886. The first-order valence-corrected chi connectivity index (χ1v) is 7.83. The second-order valence-corrected chi connectivity index (χ2v) is 5.79. The first-order valence-electron chi connectivity index (χ1n) is 7.83. The van der Waals surface area contributed by atoms with Crippen LogP contribution in [0.25, 0.3) is 10.9 Å². The minimum Gasteiger partial charge on any atom is -0.370 e. The second kappa shape index (κ2) is 6.01. The number of carbonyl (C=O) groups is 1. The van der Waals surface area contributed by atoms with Crippen LogP contribution in [-0.4, -0.2) is 38.3 Å². The van der Waals surface area contributed by atoms with E-state index in [0.717, 1.165) is 23.0 Å². The van der Waals surface area contributed by atoms with Crippen LogP contribution in [0.4, 0.5) is 0 Å². The molecule has 2 atom stereocenters. The van der Waals surface area contributed by atoms with Gasteiger partial charge in [-0.3, -0.25) is 19.4 Å². The molecule has 0 spiro atoms. The van der Waals surface area contributed by atoms with Crippen molar-refractivity contribution in [1.82, 2.24) is 25.1 Å². The summed E-state index contributed by atoms with van der Waals surface area (Å²) in [4.78, 5) is 21.1. The zero-order chi connectivity index (χ0) is 16.5. The summed E-state index contributed by atoms with van der Waals surface area (Å²) in [5.74, 6) is -0.141. The van der Waals surface area contributed by atoms with E-state index in [-0.39, 0.29) is 18.1 Å². The highest BCUT2D eigenvalue weighted by molar-refractivity contribution is 6.05. The summed E-state index contributed by atoms with van der Waals surface area (Å²) < 4.78 is 7.59. The molecule has 0 aromatic carbocycles. The van der Waals surface area contributed by atoms with E-state index in [2.05, 4.69) is 20.4 Å². The quantitative estimate of drug-likeness (QED) is 0.792. The molecular formula is C17H17N5O2. The second-order valence-electron chi connectivity index (χ2n) is 5.79. The van der Waals surface area contributed by atoms with Gasteiger partial charge < -0.3 is 10.1 Å². The summed E-state index contributed by atoms with van der Waals surface area (Å²) in [5, 5.41) is 8.02. The molecule has 4 rings (SSSR count). The molecule has 0 radical (unpaired) electrons. The molecule has 3 aromatic rings. The van der Waals surface area contributed by atoms with Crippen molar-refractivity contribution in [3.8, 4) is 0 Å². The molecule has 0 saturated carbocycles. The number of ether oxygens (including phenoxy) is 1. The number of rotatable bonds is 3. The Hall–Kier alpha value is -2.80. The highest BCUT2D eigenvalue weighted by Crippen LogP contribution is 2.29. The van der Waals surface area contributed by atoms with Gasteiger partial charge in [0.15, 0.2) is 0 Å². The number of nitrogens with zero attached hydrogens (tertiary/aromatic N) is 4. The zero-order valence-electron chi connectivity index (χ0n) is 13.2. The Morgan fingerprint density at radius 3 is 3.04 bits per heavy atom. The molecule has 1 amide bonds. The molecule has 7 nitrogen and oxygen atoms in total. The van der Waals surface area contributed by atoms with Crippen molar-refractivity contribution in [3.63, 3.8) is 0 Å². The maximum Gasteiger partial charge on any atom is 0.252 e. The van der Waals surface area contributed by atoms with E-state index in [0.29, 0.717) is 12.2 Å². The lowest BCUT2D eigenvalue weighted by atomic mass is 10.1. The summed E-state index contributed by atoms with van der Waals surface area (Å²) in [6.45, 7) is 0.611. The molecule has 0 bridgehead atoms. The summed E-state index contributed by atoms with van der Waals surface area (Å²) >= 11 is 0. The predicted molar refractivity (Wildman–Crippen MR) is 87.3 cm³/mol. The number of aromatic nitrogens is 4. The van der Waals surface area contributed by atoms with Crippen LogP contribution in [0.5, 0.6) is 0 Å². The molecule has 1 N–H and O–H groups in total. The highest BCUT2D eigenvalue weighted by Gasteiger charge is 2.33. The molecule has 4 heterocycles. The van der Waals surface area contributed by atoms with E-state index < -0.39 is 0 Å². The van der Waals surface area contributed by atoms with Crippen molar-refractivity contribution in [2.75, 3.05) is 6.61 Å². The third-order valence-corrected chi connectivity index (χ3v) is 4.35. The number of aryl methyl sites for hydroxylation is 1. The van der Waals surface area contributed by atoms with Gasteiger partial charge in [-0.05, 0) is 24.6 Å². The van der Waals surface area contributed by atoms with Crippen molar-refractivity contribution in [1.29, 1.82) is 0 Å². The van der Waals surface area contributed by atoms with E-state index in [1.807, 2.05) is 13.1 Å². The Morgan fingerprint density at radius 2 is 2.21 bits per heavy atom. The molecule has 24 heavy (non-hydrogen) atoms. The van der Waals surface area contributed by atoms with E-state index in [9.17, 15) is 4.79 Å². The van der Waals surface area contributed by atoms with Crippen molar-refractivity contribution in [2.24, 2.45) is 7.05 Å². The monoisotopic (exact) mass is 323 g/mol. The Balaban J connectivity index is 1.60. The molecule has 122 valence electrons. The average Bonchev–Trinajstić information content (AvgIpc) is 3.22. The molecule has 1 aliphatic heterocycles. The minimum absolute atomic E-state index is 0.0900. The maximum absolute atomic E-state index is 12.8. The van der Waals surface area contributed by atoms with E-state index >= 15 is 0 Å². The summed E-state index contributed by atoms with van der Waals surface area (Å²) in [6.07, 6.45) is 7.29. The number of hydrogen-bond acceptors (Lipinski definition) is 5. The number of carbonyl (C=O) groups excluding carboxylic acids is 1. The van der Waals surface area contributed by atoms with Crippen molar-refractivity contribution in [3.05, 3.63) is 54.2 Å². The lowest BCUT2D eigenvalue weighted by Gasteiger charge is -2.20. The molecule has 7 heteroatoms. The Morgan fingerprint density at radius 1 is 1.29 bits per heavy atom. The van der Waals surface area contributed by atoms with Crippen molar-refractivity contribution in [2.45, 2.75) is 18.6 Å². The lowest BCUT2D eigenvalue weighted by molar-refractivity contribution is 0.0793. The van der Waals surface area contributed by atoms with Gasteiger partial charge in [0.05, 0.1) is 22.8 Å². The van der Waals surface area contributed by atoms with Gasteiger partial charge in [0.25, 0.3) is 5.91 Å². The standard InChI is InChI=1S/C17H17N5O2/c1-22-15(4-8-20-22)16-14(5-9-24-16)21-17(23)11-2-7-19-13-3-6-18-10-12(11)13/h2-4,6-8,10,14,16H,5,9H2,1H3,(H,21,23)/t14-,16-/m0/s1. The van der Waals surface area contributed by atoms with Gasteiger partial charge in [-0.2, -0.15) is 5.10 Å². The van der Waals surface area contributed by atoms with Crippen LogP contribution >= 0.6 is 0 Å². The van der Waals surface area contributed by atoms with Crippen LogP contribution < -0.4 is 5.32 Å². The third kappa shape index (κ3) is 2.52. The number of amides is 1. The van der Waals surface area contributed by atoms with Crippen LogP contribution in [0.2, 0.25) is 0 Å². The predicted octanol–water partition coefficient (Wildman–Crippen LogP) is 1.62. The smallest absolute Gasteiger partial charge is 0.252 e. The van der Waals surface area contributed by atoms with Gasteiger partial charge in [0, 0.05) is 43.8 Å². The summed E-state index contributed by atoms with van der Waals surface area (Å²) in [5.41, 5.74) is 2.28. The fourth-order valence-electron chi connectivity index (χ4n) is 3.13. The molecule has 1 saturated heterocycles. The van der Waals surface area contributed by atoms with E-state index in [1.54, 1.807) is 41.6 Å². The van der Waals surface area contributed by atoms with Crippen LogP contribution in [0.3, 0.4) is 0 Å². The fourth-order valence-corrected chi connectivity index (χ4v) is 3.13. The number of pyridine rings is 2. The molecule has 1 aliphatic rings. The van der Waals surface area contributed by atoms with Gasteiger partial charge in [0.1, 0.15) is 6.10 Å². The largest absolute Gasteiger partial charge is 0.370 e. The highest BCUT2D eigenvalue weighted by atomic mass is 16.5. The van der Waals surface area contributed by atoms with Gasteiger partial charge in [-0.25, -0.2) is 0 Å². The normalized spacial score (nSPS) is 20.4. The topological polar surface area (TPSA) is 81.9 Å². The molecule has 0 aliphatic carbocycles. The van der Waals surface area contributed by atoms with Crippen molar-refractivity contribution < 1.29 is 9.53 Å². The van der Waals surface area contributed by atoms with E-state index in [1.165, 1.54) is 0 Å². The van der Waals surface area contributed by atoms with Gasteiger partial charge in [0.2, 0.25) is 0 Å². The first-order chi connectivity index (χ1) is 11.7. The minimum atomic E-state index is -0.187. The fraction of sp³-hybridized carbons (Fsp3) is 0.294. The number of fused-ring (bicyclic) bond motifs is 1. The van der Waals surface area contributed by atoms with Crippen LogP contribution in [0, 0.1) is 0 Å². The van der Waals surface area contributed by atoms with Crippen LogP contribution in [-0.2, 0) is 11.8 Å².